The zero-order valence-electron chi connectivity index (χ0n) is 29.3. The lowest BCUT2D eigenvalue weighted by atomic mass is 9.76. The lowest BCUT2D eigenvalue weighted by Crippen LogP contribution is -2.30. The number of nitrogens with zero attached hydrogens (tertiary/aromatic N) is 2. The molecule has 0 radical (unpaired) electrons. The molecule has 4 unspecified atom stereocenters. The summed E-state index contributed by atoms with van der Waals surface area (Å²) in [6, 6.07) is 29.2. The first-order valence-electron chi connectivity index (χ1n) is 17.7. The van der Waals surface area contributed by atoms with E-state index in [0.717, 1.165) is 34.9 Å². The Morgan fingerprint density at radius 2 is 1.62 bits per heavy atom. The Kier molecular flexibility index (Phi) is 10.1. The highest BCUT2D eigenvalue weighted by Crippen LogP contribution is 2.42. The molecule has 2 aliphatic rings. The highest BCUT2D eigenvalue weighted by atomic mass is 79.9. The molecule has 2 amide bonds. The Hall–Kier alpha value is -5.15. The van der Waals surface area contributed by atoms with Crippen molar-refractivity contribution >= 4 is 56.1 Å². The van der Waals surface area contributed by atoms with Gasteiger partial charge in [0.2, 0.25) is 17.6 Å². The van der Waals surface area contributed by atoms with Crippen LogP contribution in [0, 0.1) is 17.8 Å². The van der Waals surface area contributed by atoms with E-state index in [-0.39, 0.29) is 35.0 Å². The molecule has 2 heterocycles. The summed E-state index contributed by atoms with van der Waals surface area (Å²) in [5, 5.41) is 0.598. The van der Waals surface area contributed by atoms with Crippen LogP contribution in [0.25, 0.3) is 22.2 Å². The highest BCUT2D eigenvalue weighted by Gasteiger charge is 2.50. The number of aryl methyl sites for hydroxylation is 1. The molecule has 7 rings (SSSR count). The Balaban J connectivity index is 1.13. The molecular formula is C43H39BrN2O6. The fraction of sp³-hybridized carbons (Fsp3) is 0.279. The largest absolute Gasteiger partial charge is 0.489 e. The summed E-state index contributed by atoms with van der Waals surface area (Å²) < 4.78 is 12.5. The predicted octanol–water partition coefficient (Wildman–Crippen LogP) is 9.16. The van der Waals surface area contributed by atoms with Crippen molar-refractivity contribution < 1.29 is 28.7 Å². The second-order valence-corrected chi connectivity index (χ2v) is 14.7. The van der Waals surface area contributed by atoms with Gasteiger partial charge in [-0.3, -0.25) is 19.3 Å². The smallest absolute Gasteiger partial charge is 0.339 e. The van der Waals surface area contributed by atoms with Crippen LogP contribution in [0.1, 0.15) is 71.9 Å². The van der Waals surface area contributed by atoms with Crippen molar-refractivity contribution in [3.8, 4) is 17.0 Å². The zero-order chi connectivity index (χ0) is 36.5. The third-order valence-electron chi connectivity index (χ3n) is 10.2. The predicted molar refractivity (Wildman–Crippen MR) is 203 cm³/mol. The van der Waals surface area contributed by atoms with Crippen molar-refractivity contribution in [2.24, 2.45) is 17.8 Å². The number of rotatable bonds is 10. The number of pyridine rings is 1. The molecule has 1 saturated carbocycles. The van der Waals surface area contributed by atoms with Crippen molar-refractivity contribution in [3.63, 3.8) is 0 Å². The molecular weight excluding hydrogens is 720 g/mol. The number of imide groups is 1. The van der Waals surface area contributed by atoms with Gasteiger partial charge in [0.05, 0.1) is 34.3 Å². The van der Waals surface area contributed by atoms with Gasteiger partial charge < -0.3 is 9.47 Å². The van der Waals surface area contributed by atoms with E-state index >= 15 is 0 Å². The van der Waals surface area contributed by atoms with E-state index in [4.69, 9.17) is 14.5 Å². The Morgan fingerprint density at radius 1 is 0.904 bits per heavy atom. The number of ketones is 1. The summed E-state index contributed by atoms with van der Waals surface area (Å²) in [6.07, 6.45) is 2.03. The third kappa shape index (κ3) is 7.02. The average molecular weight is 760 g/mol. The molecule has 4 aromatic carbocycles. The van der Waals surface area contributed by atoms with Gasteiger partial charge in [0.25, 0.3) is 0 Å². The van der Waals surface area contributed by atoms with Gasteiger partial charge in [0.1, 0.15) is 12.4 Å². The van der Waals surface area contributed by atoms with Crippen molar-refractivity contribution in [1.29, 1.82) is 0 Å². The molecule has 1 saturated heterocycles. The summed E-state index contributed by atoms with van der Waals surface area (Å²) in [4.78, 5) is 60.3. The summed E-state index contributed by atoms with van der Waals surface area (Å²) >= 11 is 3.58. The SMILES string of the molecule is CCc1cc(Br)cc2c(C(=O)OC(C)C(=O)c3ccc(OCc4ccccc4)cc3)cc(-c3ccc(N4C(=O)C5CCC(C)CC5C4=O)cc3)nc12. The molecule has 1 aliphatic carbocycles. The van der Waals surface area contributed by atoms with E-state index in [1.165, 1.54) is 4.90 Å². The lowest BCUT2D eigenvalue weighted by Gasteiger charge is -2.25. The van der Waals surface area contributed by atoms with Gasteiger partial charge in [0.15, 0.2) is 6.10 Å². The van der Waals surface area contributed by atoms with Crippen LogP contribution >= 0.6 is 15.9 Å². The van der Waals surface area contributed by atoms with Gasteiger partial charge in [-0.05, 0) is 104 Å². The van der Waals surface area contributed by atoms with Gasteiger partial charge >= 0.3 is 5.97 Å². The molecule has 5 aromatic rings. The van der Waals surface area contributed by atoms with Crippen LogP contribution in [-0.4, -0.2) is 34.7 Å². The summed E-state index contributed by atoms with van der Waals surface area (Å²) in [5.74, 6) is -0.712. The van der Waals surface area contributed by atoms with Crippen LogP contribution in [-0.2, 0) is 27.4 Å². The molecule has 0 bridgehead atoms. The average Bonchev–Trinajstić information content (AvgIpc) is 3.41. The standard InChI is InChI=1S/C43H39BrN2O6/c1-4-28-21-31(44)22-35-37(43(50)52-26(3)40(47)30-13-17-33(18-14-30)51-24-27-8-6-5-7-9-27)23-38(45-39(28)35)29-11-15-32(16-12-29)46-41(48)34-19-10-25(2)20-36(34)42(46)49/h5-9,11-18,21-23,25-26,34,36H,4,10,19-20,24H2,1-3H3. The maximum absolute atomic E-state index is 13.9. The molecule has 52 heavy (non-hydrogen) atoms. The number of fused-ring (bicyclic) bond motifs is 2. The number of carbonyl (C=O) groups is 4. The van der Waals surface area contributed by atoms with Gasteiger partial charge in [-0.15, -0.1) is 0 Å². The first kappa shape index (κ1) is 35.3. The Bertz CT molecular complexity index is 2170. The molecule has 8 nitrogen and oxygen atoms in total. The van der Waals surface area contributed by atoms with E-state index in [1.807, 2.05) is 61.5 Å². The first-order chi connectivity index (χ1) is 25.1. The van der Waals surface area contributed by atoms with Crippen LogP contribution in [0.15, 0.2) is 102 Å². The van der Waals surface area contributed by atoms with Gasteiger partial charge in [0, 0.05) is 21.0 Å². The lowest BCUT2D eigenvalue weighted by molar-refractivity contribution is -0.122. The number of aromatic nitrogens is 1. The highest BCUT2D eigenvalue weighted by molar-refractivity contribution is 9.10. The number of hydrogen-bond donors (Lipinski definition) is 0. The fourth-order valence-electron chi connectivity index (χ4n) is 7.34. The number of anilines is 1. The van der Waals surface area contributed by atoms with Gasteiger partial charge in [-0.1, -0.05) is 72.2 Å². The summed E-state index contributed by atoms with van der Waals surface area (Å²) in [5.41, 5.74) is 5.03. The van der Waals surface area contributed by atoms with Crippen molar-refractivity contribution in [1.82, 2.24) is 4.98 Å². The molecule has 1 aliphatic heterocycles. The van der Waals surface area contributed by atoms with Crippen molar-refractivity contribution in [2.45, 2.75) is 59.2 Å². The van der Waals surface area contributed by atoms with E-state index in [9.17, 15) is 19.2 Å². The summed E-state index contributed by atoms with van der Waals surface area (Å²) in [6.45, 7) is 6.12. The monoisotopic (exact) mass is 758 g/mol. The second-order valence-electron chi connectivity index (χ2n) is 13.8. The number of carbonyl (C=O) groups excluding carboxylic acids is 4. The van der Waals surface area contributed by atoms with E-state index in [0.29, 0.717) is 58.1 Å². The number of benzene rings is 4. The van der Waals surface area contributed by atoms with Gasteiger partial charge in [-0.25, -0.2) is 9.78 Å². The third-order valence-corrected chi connectivity index (χ3v) is 10.7. The molecule has 4 atom stereocenters. The van der Waals surface area contributed by atoms with Crippen molar-refractivity contribution in [2.75, 3.05) is 4.90 Å². The number of hydrogen-bond acceptors (Lipinski definition) is 7. The van der Waals surface area contributed by atoms with Crippen LogP contribution in [0.4, 0.5) is 5.69 Å². The topological polar surface area (TPSA) is 103 Å². The number of amides is 2. The number of ether oxygens (including phenoxy) is 2. The number of esters is 1. The van der Waals surface area contributed by atoms with E-state index < -0.39 is 12.1 Å². The van der Waals surface area contributed by atoms with Crippen LogP contribution in [0.2, 0.25) is 0 Å². The quantitative estimate of drug-likeness (QED) is 0.0795. The molecule has 1 aromatic heterocycles. The first-order valence-corrected chi connectivity index (χ1v) is 18.5. The van der Waals surface area contributed by atoms with Crippen LogP contribution in [0.5, 0.6) is 5.75 Å². The molecule has 9 heteroatoms. The minimum Gasteiger partial charge on any atom is -0.489 e. The Labute approximate surface area is 311 Å². The van der Waals surface area contributed by atoms with Crippen LogP contribution < -0.4 is 9.64 Å². The zero-order valence-corrected chi connectivity index (χ0v) is 30.9. The fourth-order valence-corrected chi connectivity index (χ4v) is 7.85. The second kappa shape index (κ2) is 14.8. The van der Waals surface area contributed by atoms with Gasteiger partial charge in [-0.2, -0.15) is 0 Å². The molecule has 0 spiro atoms. The number of Topliss-reactive ketones (excluding diaryl/α,β-unsaturated/α-hetero) is 1. The number of halogens is 1. The maximum atomic E-state index is 13.9. The van der Waals surface area contributed by atoms with Crippen molar-refractivity contribution in [3.05, 3.63) is 124 Å². The minimum absolute atomic E-state index is 0.127. The minimum atomic E-state index is -1.06. The molecule has 2 fully saturated rings. The molecule has 0 N–H and O–H groups in total. The summed E-state index contributed by atoms with van der Waals surface area (Å²) in [7, 11) is 0. The maximum Gasteiger partial charge on any atom is 0.339 e. The van der Waals surface area contributed by atoms with E-state index in [1.54, 1.807) is 49.4 Å². The van der Waals surface area contributed by atoms with E-state index in [2.05, 4.69) is 22.9 Å². The Morgan fingerprint density at radius 3 is 2.33 bits per heavy atom. The van der Waals surface area contributed by atoms with Crippen LogP contribution in [0.3, 0.4) is 0 Å². The molecule has 264 valence electrons. The normalized spacial score (nSPS) is 19.0.